The van der Waals surface area contributed by atoms with Gasteiger partial charge in [0.25, 0.3) is 0 Å². The lowest BCUT2D eigenvalue weighted by molar-refractivity contribution is 0.474. The average Bonchev–Trinajstić information content (AvgIpc) is 2.74. The van der Waals surface area contributed by atoms with Crippen molar-refractivity contribution in [1.82, 2.24) is 4.98 Å². The number of nitrogens with zero attached hydrogens (tertiary/aromatic N) is 3. The van der Waals surface area contributed by atoms with E-state index in [1.807, 2.05) is 48.5 Å². The van der Waals surface area contributed by atoms with Gasteiger partial charge in [-0.2, -0.15) is 5.26 Å². The van der Waals surface area contributed by atoms with Gasteiger partial charge in [-0.15, -0.1) is 0 Å². The van der Waals surface area contributed by atoms with E-state index in [0.29, 0.717) is 16.9 Å². The summed E-state index contributed by atoms with van der Waals surface area (Å²) in [5, 5.41) is 22.4. The van der Waals surface area contributed by atoms with Gasteiger partial charge in [-0.1, -0.05) is 48.0 Å². The van der Waals surface area contributed by atoms with Crippen LogP contribution in [0, 0.1) is 17.1 Å². The number of halogens is 2. The standard InChI is InChI=1S/C23H13ClFN3O/c24-19-12-17(7-8-20(19)25)28-21(13-26)18-9-10-27-22(23(18)29)16-6-5-14-3-1-2-4-15(14)11-16/h1-12,29H/b28-21+. The zero-order valence-electron chi connectivity index (χ0n) is 15.0. The largest absolute Gasteiger partial charge is 0.505 e. The van der Waals surface area contributed by atoms with Crippen LogP contribution in [0.4, 0.5) is 10.1 Å². The summed E-state index contributed by atoms with van der Waals surface area (Å²) in [6.07, 6.45) is 1.50. The van der Waals surface area contributed by atoms with E-state index >= 15 is 0 Å². The van der Waals surface area contributed by atoms with E-state index in [4.69, 9.17) is 11.6 Å². The molecule has 1 heterocycles. The van der Waals surface area contributed by atoms with E-state index in [9.17, 15) is 14.8 Å². The molecular weight excluding hydrogens is 389 g/mol. The summed E-state index contributed by atoms with van der Waals surface area (Å²) >= 11 is 5.78. The maximum atomic E-state index is 13.4. The summed E-state index contributed by atoms with van der Waals surface area (Å²) < 4.78 is 13.4. The second kappa shape index (κ2) is 7.70. The van der Waals surface area contributed by atoms with Crippen LogP contribution >= 0.6 is 11.6 Å². The zero-order chi connectivity index (χ0) is 20.4. The van der Waals surface area contributed by atoms with Crippen LogP contribution in [0.1, 0.15) is 5.56 Å². The predicted molar refractivity (Wildman–Crippen MR) is 112 cm³/mol. The highest BCUT2D eigenvalue weighted by Crippen LogP contribution is 2.33. The summed E-state index contributed by atoms with van der Waals surface area (Å²) in [7, 11) is 0. The smallest absolute Gasteiger partial charge is 0.152 e. The van der Waals surface area contributed by atoms with Crippen LogP contribution in [-0.4, -0.2) is 15.8 Å². The molecule has 1 aromatic heterocycles. The van der Waals surface area contributed by atoms with Gasteiger partial charge in [0.2, 0.25) is 0 Å². The molecule has 0 aliphatic carbocycles. The Morgan fingerprint density at radius 3 is 2.59 bits per heavy atom. The Balaban J connectivity index is 1.81. The fourth-order valence-electron chi connectivity index (χ4n) is 3.02. The van der Waals surface area contributed by atoms with E-state index in [-0.39, 0.29) is 22.0 Å². The van der Waals surface area contributed by atoms with Crippen LogP contribution in [0.15, 0.2) is 77.9 Å². The molecule has 0 aliphatic rings. The maximum Gasteiger partial charge on any atom is 0.152 e. The van der Waals surface area contributed by atoms with Crippen molar-refractivity contribution in [3.63, 3.8) is 0 Å². The summed E-state index contributed by atoms with van der Waals surface area (Å²) in [6.45, 7) is 0. The lowest BCUT2D eigenvalue weighted by Gasteiger charge is -2.09. The molecule has 1 N–H and O–H groups in total. The molecule has 0 amide bonds. The van der Waals surface area contributed by atoms with E-state index in [2.05, 4.69) is 9.98 Å². The molecule has 4 aromatic rings. The third-order valence-corrected chi connectivity index (χ3v) is 4.74. The molecule has 0 spiro atoms. The molecule has 0 atom stereocenters. The van der Waals surface area contributed by atoms with E-state index < -0.39 is 5.82 Å². The number of hydrogen-bond acceptors (Lipinski definition) is 4. The van der Waals surface area contributed by atoms with Crippen LogP contribution < -0.4 is 0 Å². The minimum Gasteiger partial charge on any atom is -0.505 e. The molecule has 0 radical (unpaired) electrons. The third-order valence-electron chi connectivity index (χ3n) is 4.45. The maximum absolute atomic E-state index is 13.4. The molecule has 0 aliphatic heterocycles. The van der Waals surface area contributed by atoms with E-state index in [1.165, 1.54) is 30.5 Å². The highest BCUT2D eigenvalue weighted by atomic mass is 35.5. The molecule has 0 unspecified atom stereocenters. The molecule has 140 valence electrons. The number of aromatic hydroxyl groups is 1. The minimum absolute atomic E-state index is 0.0328. The Labute approximate surface area is 171 Å². The second-order valence-corrected chi connectivity index (χ2v) is 6.70. The molecule has 6 heteroatoms. The van der Waals surface area contributed by atoms with Gasteiger partial charge in [-0.05, 0) is 41.1 Å². The van der Waals surface area contributed by atoms with Crippen LogP contribution in [0.25, 0.3) is 22.0 Å². The molecule has 0 bridgehead atoms. The number of benzene rings is 3. The van der Waals surface area contributed by atoms with Gasteiger partial charge in [-0.3, -0.25) is 4.98 Å². The van der Waals surface area contributed by atoms with Crippen molar-refractivity contribution in [3.8, 4) is 23.1 Å². The van der Waals surface area contributed by atoms with Gasteiger partial charge in [0.05, 0.1) is 16.3 Å². The van der Waals surface area contributed by atoms with E-state index in [1.54, 1.807) is 0 Å². The van der Waals surface area contributed by atoms with Crippen molar-refractivity contribution in [2.75, 3.05) is 0 Å². The monoisotopic (exact) mass is 401 g/mol. The molecule has 0 saturated heterocycles. The fraction of sp³-hybridized carbons (Fsp3) is 0. The van der Waals surface area contributed by atoms with Crippen molar-refractivity contribution in [1.29, 1.82) is 5.26 Å². The molecule has 4 rings (SSSR count). The normalized spacial score (nSPS) is 11.4. The molecule has 0 fully saturated rings. The van der Waals surface area contributed by atoms with Gasteiger partial charge in [0.15, 0.2) is 11.5 Å². The Morgan fingerprint density at radius 1 is 1.03 bits per heavy atom. The Morgan fingerprint density at radius 2 is 1.83 bits per heavy atom. The topological polar surface area (TPSA) is 69.3 Å². The minimum atomic E-state index is -0.575. The summed E-state index contributed by atoms with van der Waals surface area (Å²) in [5.74, 6) is -0.731. The number of aromatic nitrogens is 1. The first-order valence-corrected chi connectivity index (χ1v) is 9.06. The zero-order valence-corrected chi connectivity index (χ0v) is 15.7. The first-order valence-electron chi connectivity index (χ1n) is 8.68. The van der Waals surface area contributed by atoms with Gasteiger partial charge in [0.1, 0.15) is 17.6 Å². The number of nitriles is 1. The summed E-state index contributed by atoms with van der Waals surface area (Å²) in [4.78, 5) is 8.49. The summed E-state index contributed by atoms with van der Waals surface area (Å²) in [6, 6.07) is 21.0. The van der Waals surface area contributed by atoms with Crippen LogP contribution in [0.2, 0.25) is 5.02 Å². The Hall–Kier alpha value is -3.75. The van der Waals surface area contributed by atoms with Crippen LogP contribution in [0.5, 0.6) is 5.75 Å². The second-order valence-electron chi connectivity index (χ2n) is 6.29. The van der Waals surface area contributed by atoms with Crippen molar-refractivity contribution in [3.05, 3.63) is 89.3 Å². The third kappa shape index (κ3) is 3.66. The highest BCUT2D eigenvalue weighted by molar-refractivity contribution is 6.31. The predicted octanol–water partition coefficient (Wildman–Crippen LogP) is 6.04. The number of fused-ring (bicyclic) bond motifs is 1. The van der Waals surface area contributed by atoms with Gasteiger partial charge in [0, 0.05) is 11.8 Å². The van der Waals surface area contributed by atoms with Gasteiger partial charge >= 0.3 is 0 Å². The first kappa shape index (κ1) is 18.6. The van der Waals surface area contributed by atoms with Crippen molar-refractivity contribution in [2.24, 2.45) is 4.99 Å². The highest BCUT2D eigenvalue weighted by Gasteiger charge is 2.16. The van der Waals surface area contributed by atoms with Gasteiger partial charge < -0.3 is 5.11 Å². The molecule has 0 saturated carbocycles. The number of pyridine rings is 1. The molecular formula is C23H13ClFN3O. The SMILES string of the molecule is N#C/C(=N\c1ccc(F)c(Cl)c1)c1ccnc(-c2ccc3ccccc3c2)c1O. The fourth-order valence-corrected chi connectivity index (χ4v) is 3.20. The first-order chi connectivity index (χ1) is 14.1. The lowest BCUT2D eigenvalue weighted by atomic mass is 10.0. The number of hydrogen-bond donors (Lipinski definition) is 1. The number of aliphatic imine (C=N–C) groups is 1. The number of rotatable bonds is 3. The van der Waals surface area contributed by atoms with Crippen molar-refractivity contribution < 1.29 is 9.50 Å². The van der Waals surface area contributed by atoms with Crippen LogP contribution in [0.3, 0.4) is 0 Å². The van der Waals surface area contributed by atoms with E-state index in [0.717, 1.165) is 10.8 Å². The molecule has 4 nitrogen and oxygen atoms in total. The molecule has 3 aromatic carbocycles. The molecule has 29 heavy (non-hydrogen) atoms. The Kier molecular flexibility index (Phi) is 4.94. The van der Waals surface area contributed by atoms with Crippen molar-refractivity contribution >= 4 is 33.8 Å². The Bertz CT molecular complexity index is 1310. The van der Waals surface area contributed by atoms with Crippen molar-refractivity contribution in [2.45, 2.75) is 0 Å². The quantitative estimate of drug-likeness (QED) is 0.425. The average molecular weight is 402 g/mol. The lowest BCUT2D eigenvalue weighted by Crippen LogP contribution is -2.00. The van der Waals surface area contributed by atoms with Crippen LogP contribution in [-0.2, 0) is 0 Å². The summed E-state index contributed by atoms with van der Waals surface area (Å²) in [5.41, 5.74) is 1.55. The van der Waals surface area contributed by atoms with Gasteiger partial charge in [-0.25, -0.2) is 9.38 Å².